The average Bonchev–Trinajstić information content (AvgIpc) is 2.45. The van der Waals surface area contributed by atoms with Crippen LogP contribution in [-0.2, 0) is 4.79 Å². The highest BCUT2D eigenvalue weighted by atomic mass is 32.2. The normalized spacial score (nSPS) is 19.1. The van der Waals surface area contributed by atoms with Gasteiger partial charge in [-0.15, -0.1) is 0 Å². The molecule has 3 nitrogen and oxygen atoms in total. The lowest BCUT2D eigenvalue weighted by Gasteiger charge is -2.36. The molecule has 0 amide bonds. The van der Waals surface area contributed by atoms with Gasteiger partial charge in [-0.2, -0.15) is 11.8 Å². The standard InChI is InChI=1S/C15H21NO2S/c17-15(18)9-4-10-16(13-6-2-1-3-7-13)14-8-5-11-19-12-14/h1-3,6-7,14H,4-5,8-12H2,(H,17,18). The van der Waals surface area contributed by atoms with Crippen LogP contribution in [0.2, 0.25) is 0 Å². The van der Waals surface area contributed by atoms with Crippen molar-refractivity contribution >= 4 is 23.4 Å². The van der Waals surface area contributed by atoms with E-state index in [2.05, 4.69) is 29.2 Å². The topological polar surface area (TPSA) is 40.5 Å². The molecule has 0 aliphatic carbocycles. The first-order valence-electron chi connectivity index (χ1n) is 6.88. The van der Waals surface area contributed by atoms with Crippen LogP contribution >= 0.6 is 11.8 Å². The molecular weight excluding hydrogens is 258 g/mol. The summed E-state index contributed by atoms with van der Waals surface area (Å²) < 4.78 is 0. The maximum absolute atomic E-state index is 10.7. The highest BCUT2D eigenvalue weighted by molar-refractivity contribution is 7.99. The Kier molecular flexibility index (Phi) is 5.58. The lowest BCUT2D eigenvalue weighted by Crippen LogP contribution is -2.39. The summed E-state index contributed by atoms with van der Waals surface area (Å²) >= 11 is 2.01. The smallest absolute Gasteiger partial charge is 0.303 e. The van der Waals surface area contributed by atoms with Crippen LogP contribution in [0.15, 0.2) is 30.3 Å². The van der Waals surface area contributed by atoms with Crippen LogP contribution < -0.4 is 4.90 Å². The summed E-state index contributed by atoms with van der Waals surface area (Å²) in [4.78, 5) is 13.1. The molecule has 1 atom stereocenters. The molecule has 0 aromatic heterocycles. The van der Waals surface area contributed by atoms with E-state index in [-0.39, 0.29) is 6.42 Å². The van der Waals surface area contributed by atoms with Crippen molar-refractivity contribution in [3.63, 3.8) is 0 Å². The van der Waals surface area contributed by atoms with Crippen LogP contribution in [0.3, 0.4) is 0 Å². The number of benzene rings is 1. The number of anilines is 1. The van der Waals surface area contributed by atoms with Crippen molar-refractivity contribution in [1.29, 1.82) is 0 Å². The summed E-state index contributed by atoms with van der Waals surface area (Å²) in [6.45, 7) is 0.835. The van der Waals surface area contributed by atoms with Crippen LogP contribution in [0, 0.1) is 0 Å². The van der Waals surface area contributed by atoms with Crippen LogP contribution in [0.5, 0.6) is 0 Å². The number of para-hydroxylation sites is 1. The maximum atomic E-state index is 10.7. The molecule has 1 fully saturated rings. The van der Waals surface area contributed by atoms with E-state index in [9.17, 15) is 4.79 Å². The third-order valence-electron chi connectivity index (χ3n) is 3.45. The number of carbonyl (C=O) groups is 1. The fourth-order valence-corrected chi connectivity index (χ4v) is 3.67. The fraction of sp³-hybridized carbons (Fsp3) is 0.533. The summed E-state index contributed by atoms with van der Waals surface area (Å²) in [5.74, 6) is 1.71. The van der Waals surface area contributed by atoms with Gasteiger partial charge in [-0.25, -0.2) is 0 Å². The number of nitrogens with zero attached hydrogens (tertiary/aromatic N) is 1. The Balaban J connectivity index is 2.01. The van der Waals surface area contributed by atoms with Crippen molar-refractivity contribution < 1.29 is 9.90 Å². The molecule has 19 heavy (non-hydrogen) atoms. The molecule has 1 aromatic rings. The van der Waals surface area contributed by atoms with E-state index < -0.39 is 5.97 Å². The molecule has 4 heteroatoms. The van der Waals surface area contributed by atoms with Crippen LogP contribution in [0.1, 0.15) is 25.7 Å². The molecule has 1 N–H and O–H groups in total. The molecule has 1 aliphatic heterocycles. The molecule has 0 bridgehead atoms. The van der Waals surface area contributed by atoms with Gasteiger partial charge >= 0.3 is 5.97 Å². The van der Waals surface area contributed by atoms with Gasteiger partial charge in [0.05, 0.1) is 0 Å². The first kappa shape index (κ1) is 14.3. The quantitative estimate of drug-likeness (QED) is 0.868. The van der Waals surface area contributed by atoms with E-state index in [4.69, 9.17) is 5.11 Å². The number of hydrogen-bond acceptors (Lipinski definition) is 3. The second-order valence-corrected chi connectivity index (χ2v) is 6.05. The SMILES string of the molecule is O=C(O)CCCN(c1ccccc1)C1CCCSC1. The monoisotopic (exact) mass is 279 g/mol. The molecule has 1 aromatic carbocycles. The molecule has 1 heterocycles. The van der Waals surface area contributed by atoms with Crippen molar-refractivity contribution in [2.24, 2.45) is 0 Å². The van der Waals surface area contributed by atoms with E-state index >= 15 is 0 Å². The molecule has 2 rings (SSSR count). The number of carboxylic acid groups (broad SMARTS) is 1. The van der Waals surface area contributed by atoms with Gasteiger partial charge in [0.1, 0.15) is 0 Å². The second kappa shape index (κ2) is 7.43. The number of rotatable bonds is 6. The van der Waals surface area contributed by atoms with Crippen molar-refractivity contribution in [3.05, 3.63) is 30.3 Å². The Morgan fingerprint density at radius 3 is 2.79 bits per heavy atom. The largest absolute Gasteiger partial charge is 0.481 e. The predicted octanol–water partition coefficient (Wildman–Crippen LogP) is 3.25. The van der Waals surface area contributed by atoms with Crippen LogP contribution in [0.25, 0.3) is 0 Å². The minimum absolute atomic E-state index is 0.253. The Hall–Kier alpha value is -1.16. The highest BCUT2D eigenvalue weighted by Gasteiger charge is 2.21. The lowest BCUT2D eigenvalue weighted by molar-refractivity contribution is -0.137. The molecular formula is C15H21NO2S. The zero-order chi connectivity index (χ0) is 13.5. The average molecular weight is 279 g/mol. The number of hydrogen-bond donors (Lipinski definition) is 1. The van der Waals surface area contributed by atoms with Crippen LogP contribution in [0.4, 0.5) is 5.69 Å². The van der Waals surface area contributed by atoms with Gasteiger partial charge in [0.25, 0.3) is 0 Å². The molecule has 104 valence electrons. The minimum Gasteiger partial charge on any atom is -0.481 e. The van der Waals surface area contributed by atoms with Gasteiger partial charge < -0.3 is 10.0 Å². The molecule has 1 saturated heterocycles. The Morgan fingerprint density at radius 1 is 1.37 bits per heavy atom. The fourth-order valence-electron chi connectivity index (χ4n) is 2.51. The van der Waals surface area contributed by atoms with Crippen molar-refractivity contribution in [3.8, 4) is 0 Å². The molecule has 0 spiro atoms. The first-order chi connectivity index (χ1) is 9.27. The second-order valence-electron chi connectivity index (χ2n) is 4.90. The Morgan fingerprint density at radius 2 is 2.16 bits per heavy atom. The van der Waals surface area contributed by atoms with Gasteiger partial charge in [0.15, 0.2) is 0 Å². The Bertz CT molecular complexity index is 390. The van der Waals surface area contributed by atoms with Crippen molar-refractivity contribution in [2.45, 2.75) is 31.7 Å². The van der Waals surface area contributed by atoms with Gasteiger partial charge in [-0.1, -0.05) is 18.2 Å². The van der Waals surface area contributed by atoms with Gasteiger partial charge in [-0.05, 0) is 37.1 Å². The van der Waals surface area contributed by atoms with E-state index in [1.807, 2.05) is 17.8 Å². The van der Waals surface area contributed by atoms with Gasteiger partial charge in [-0.3, -0.25) is 4.79 Å². The Labute approximate surface area is 119 Å². The molecule has 0 radical (unpaired) electrons. The van der Waals surface area contributed by atoms with Crippen LogP contribution in [-0.4, -0.2) is 35.2 Å². The summed E-state index contributed by atoms with van der Waals surface area (Å²) in [7, 11) is 0. The summed E-state index contributed by atoms with van der Waals surface area (Å²) in [6.07, 6.45) is 3.45. The number of aliphatic carboxylic acids is 1. The van der Waals surface area contributed by atoms with E-state index in [1.54, 1.807) is 0 Å². The summed E-state index contributed by atoms with van der Waals surface area (Å²) in [5, 5.41) is 8.78. The zero-order valence-electron chi connectivity index (χ0n) is 11.1. The molecule has 1 aliphatic rings. The van der Waals surface area contributed by atoms with Crippen molar-refractivity contribution in [1.82, 2.24) is 0 Å². The van der Waals surface area contributed by atoms with E-state index in [0.717, 1.165) is 12.3 Å². The highest BCUT2D eigenvalue weighted by Crippen LogP contribution is 2.26. The zero-order valence-corrected chi connectivity index (χ0v) is 11.9. The number of thioether (sulfide) groups is 1. The third-order valence-corrected chi connectivity index (χ3v) is 4.65. The van der Waals surface area contributed by atoms with Gasteiger partial charge in [0, 0.05) is 30.4 Å². The van der Waals surface area contributed by atoms with E-state index in [1.165, 1.54) is 24.3 Å². The third kappa shape index (κ3) is 4.46. The predicted molar refractivity (Wildman–Crippen MR) is 81.0 cm³/mol. The summed E-state index contributed by atoms with van der Waals surface area (Å²) in [5.41, 5.74) is 1.22. The minimum atomic E-state index is -0.703. The molecule has 0 saturated carbocycles. The number of carboxylic acids is 1. The molecule has 1 unspecified atom stereocenters. The first-order valence-corrected chi connectivity index (χ1v) is 8.04. The van der Waals surface area contributed by atoms with Crippen molar-refractivity contribution in [2.75, 3.05) is 23.0 Å². The summed E-state index contributed by atoms with van der Waals surface area (Å²) in [6, 6.07) is 10.9. The van der Waals surface area contributed by atoms with E-state index in [0.29, 0.717) is 12.5 Å². The van der Waals surface area contributed by atoms with Gasteiger partial charge in [0.2, 0.25) is 0 Å². The lowest BCUT2D eigenvalue weighted by atomic mass is 10.1. The maximum Gasteiger partial charge on any atom is 0.303 e.